The molecule has 3 nitrogen and oxygen atoms in total. The first kappa shape index (κ1) is 13.3. The molecule has 0 aliphatic rings. The van der Waals surface area contributed by atoms with Crippen molar-refractivity contribution in [3.05, 3.63) is 23.8 Å². The quantitative estimate of drug-likeness (QED) is 0.626. The number of hydrogen-bond acceptors (Lipinski definition) is 2. The highest BCUT2D eigenvalue weighted by atomic mass is 19.4. The molecule has 0 aliphatic carbocycles. The van der Waals surface area contributed by atoms with Gasteiger partial charge in [0, 0.05) is 0 Å². The summed E-state index contributed by atoms with van der Waals surface area (Å²) < 4.78 is 48.2. The van der Waals surface area contributed by atoms with Crippen LogP contribution < -0.4 is 5.32 Å². The van der Waals surface area contributed by atoms with Crippen molar-refractivity contribution in [2.75, 3.05) is 5.32 Å². The van der Waals surface area contributed by atoms with Crippen molar-refractivity contribution in [1.29, 1.82) is 0 Å². The monoisotopic (exact) mass is 251 g/mol. The van der Waals surface area contributed by atoms with Gasteiger partial charge >= 0.3 is 6.18 Å². The van der Waals surface area contributed by atoms with Gasteiger partial charge in [0.2, 0.25) is 0 Å². The maximum absolute atomic E-state index is 12.6. The molecule has 0 saturated carbocycles. The lowest BCUT2D eigenvalue weighted by molar-refractivity contribution is -0.183. The predicted octanol–water partition coefficient (Wildman–Crippen LogP) is 2.54. The van der Waals surface area contributed by atoms with Crippen LogP contribution in [0.15, 0.2) is 18.2 Å². The minimum atomic E-state index is -5.26. The molecular formula is C10H9F4NO2. The largest absolute Gasteiger partial charge is 0.506 e. The van der Waals surface area contributed by atoms with E-state index in [-0.39, 0.29) is 5.69 Å². The highest BCUT2D eigenvalue weighted by Gasteiger charge is 2.45. The number of hydrogen-bond donors (Lipinski definition) is 2. The molecule has 1 atom stereocenters. The maximum atomic E-state index is 12.6. The third-order valence-corrected chi connectivity index (χ3v) is 1.93. The molecule has 0 spiro atoms. The molecule has 1 rings (SSSR count). The van der Waals surface area contributed by atoms with E-state index >= 15 is 0 Å². The zero-order valence-corrected chi connectivity index (χ0v) is 8.68. The Balaban J connectivity index is 2.82. The summed E-state index contributed by atoms with van der Waals surface area (Å²) in [4.78, 5) is 10.9. The molecule has 17 heavy (non-hydrogen) atoms. The Morgan fingerprint density at radius 2 is 2.00 bits per heavy atom. The van der Waals surface area contributed by atoms with Crippen LogP contribution in [0.3, 0.4) is 0 Å². The van der Waals surface area contributed by atoms with Gasteiger partial charge in [0.1, 0.15) is 5.75 Å². The Hall–Kier alpha value is -1.79. The van der Waals surface area contributed by atoms with Gasteiger partial charge in [-0.1, -0.05) is 6.07 Å². The Morgan fingerprint density at radius 1 is 1.41 bits per heavy atom. The average molecular weight is 251 g/mol. The van der Waals surface area contributed by atoms with E-state index < -0.39 is 24.0 Å². The second-order valence-corrected chi connectivity index (χ2v) is 3.41. The smallest absolute Gasteiger partial charge is 0.428 e. The van der Waals surface area contributed by atoms with Gasteiger partial charge < -0.3 is 10.4 Å². The Morgan fingerprint density at radius 3 is 2.47 bits per heavy atom. The number of amides is 1. The van der Waals surface area contributed by atoms with Gasteiger partial charge in [-0.2, -0.15) is 13.2 Å². The fraction of sp³-hybridized carbons (Fsp3) is 0.300. The number of aromatic hydroxyl groups is 1. The van der Waals surface area contributed by atoms with E-state index in [1.54, 1.807) is 12.2 Å². The Kier molecular flexibility index (Phi) is 3.59. The number of phenolic OH excluding ortho intramolecular Hbond substituents is 1. The van der Waals surface area contributed by atoms with Crippen LogP contribution in [0.4, 0.5) is 23.2 Å². The summed E-state index contributed by atoms with van der Waals surface area (Å²) in [5, 5.41) is 11.0. The molecule has 2 N–H and O–H groups in total. The summed E-state index contributed by atoms with van der Waals surface area (Å²) in [6.07, 6.45) is -8.88. The SMILES string of the molecule is Cc1ccc(NC(=O)C(F)C(F)(F)F)c(O)c1. The van der Waals surface area contributed by atoms with E-state index in [0.29, 0.717) is 5.56 Å². The van der Waals surface area contributed by atoms with E-state index in [1.165, 1.54) is 18.2 Å². The number of halogens is 4. The first-order valence-corrected chi connectivity index (χ1v) is 4.53. The van der Waals surface area contributed by atoms with Crippen LogP contribution in [-0.2, 0) is 4.79 Å². The summed E-state index contributed by atoms with van der Waals surface area (Å²) in [6, 6.07) is 3.87. The van der Waals surface area contributed by atoms with Gasteiger partial charge in [0.05, 0.1) is 5.69 Å². The Labute approximate surface area is 94.1 Å². The molecule has 0 heterocycles. The van der Waals surface area contributed by atoms with Crippen molar-refractivity contribution >= 4 is 11.6 Å². The number of benzene rings is 1. The second-order valence-electron chi connectivity index (χ2n) is 3.41. The maximum Gasteiger partial charge on any atom is 0.428 e. The van der Waals surface area contributed by atoms with Gasteiger partial charge in [0.15, 0.2) is 0 Å². The van der Waals surface area contributed by atoms with Crippen LogP contribution in [0.1, 0.15) is 5.56 Å². The van der Waals surface area contributed by atoms with Crippen molar-refractivity contribution in [2.24, 2.45) is 0 Å². The van der Waals surface area contributed by atoms with Crippen molar-refractivity contribution in [3.63, 3.8) is 0 Å². The predicted molar refractivity (Wildman–Crippen MR) is 52.4 cm³/mol. The van der Waals surface area contributed by atoms with E-state index in [0.717, 1.165) is 0 Å². The molecule has 7 heteroatoms. The summed E-state index contributed by atoms with van der Waals surface area (Å²) in [7, 11) is 0. The molecule has 0 saturated heterocycles. The van der Waals surface area contributed by atoms with Gasteiger partial charge in [-0.25, -0.2) is 4.39 Å². The third-order valence-electron chi connectivity index (χ3n) is 1.93. The fourth-order valence-corrected chi connectivity index (χ4v) is 1.09. The first-order valence-electron chi connectivity index (χ1n) is 4.53. The minimum absolute atomic E-state index is 0.271. The molecular weight excluding hydrogens is 242 g/mol. The number of phenols is 1. The number of carbonyl (C=O) groups excluding carboxylic acids is 1. The summed E-state index contributed by atoms with van der Waals surface area (Å²) in [5.74, 6) is -2.29. The summed E-state index contributed by atoms with van der Waals surface area (Å²) in [5.41, 5.74) is 0.376. The first-order chi connectivity index (χ1) is 7.71. The third kappa shape index (κ3) is 3.33. The Bertz CT molecular complexity index is 431. The van der Waals surface area contributed by atoms with Crippen LogP contribution in [0.25, 0.3) is 0 Å². The number of carbonyl (C=O) groups is 1. The highest BCUT2D eigenvalue weighted by molar-refractivity contribution is 5.95. The highest BCUT2D eigenvalue weighted by Crippen LogP contribution is 2.27. The van der Waals surface area contributed by atoms with Crippen LogP contribution in [-0.4, -0.2) is 23.4 Å². The topological polar surface area (TPSA) is 49.3 Å². The van der Waals surface area contributed by atoms with Crippen LogP contribution >= 0.6 is 0 Å². The van der Waals surface area contributed by atoms with Gasteiger partial charge in [0.25, 0.3) is 12.1 Å². The number of anilines is 1. The number of nitrogens with one attached hydrogen (secondary N) is 1. The van der Waals surface area contributed by atoms with Crippen LogP contribution in [0.5, 0.6) is 5.75 Å². The standard InChI is InChI=1S/C10H9F4NO2/c1-5-2-3-6(7(16)4-5)15-9(17)8(11)10(12,13)14/h2-4,8,16H,1H3,(H,15,17). The molecule has 94 valence electrons. The minimum Gasteiger partial charge on any atom is -0.506 e. The molecule has 0 aromatic heterocycles. The zero-order chi connectivity index (χ0) is 13.2. The number of aryl methyl sites for hydroxylation is 1. The van der Waals surface area contributed by atoms with Crippen molar-refractivity contribution in [3.8, 4) is 5.75 Å². The molecule has 1 amide bonds. The van der Waals surface area contributed by atoms with Crippen LogP contribution in [0, 0.1) is 6.92 Å². The van der Waals surface area contributed by atoms with Gasteiger partial charge in [-0.3, -0.25) is 4.79 Å². The molecule has 1 aromatic rings. The van der Waals surface area contributed by atoms with E-state index in [4.69, 9.17) is 0 Å². The van der Waals surface area contributed by atoms with Crippen molar-refractivity contribution in [2.45, 2.75) is 19.3 Å². The molecule has 0 aliphatic heterocycles. The average Bonchev–Trinajstić information content (AvgIpc) is 2.19. The second kappa shape index (κ2) is 4.60. The van der Waals surface area contributed by atoms with Gasteiger partial charge in [-0.15, -0.1) is 0 Å². The van der Waals surface area contributed by atoms with Crippen molar-refractivity contribution in [1.82, 2.24) is 0 Å². The lowest BCUT2D eigenvalue weighted by Crippen LogP contribution is -2.36. The molecule has 1 aromatic carbocycles. The summed E-state index contributed by atoms with van der Waals surface area (Å²) >= 11 is 0. The lowest BCUT2D eigenvalue weighted by atomic mass is 10.2. The number of alkyl halides is 4. The van der Waals surface area contributed by atoms with E-state index in [9.17, 15) is 27.5 Å². The molecule has 1 unspecified atom stereocenters. The van der Waals surface area contributed by atoms with E-state index in [2.05, 4.69) is 0 Å². The normalized spacial score (nSPS) is 13.2. The zero-order valence-electron chi connectivity index (χ0n) is 8.68. The van der Waals surface area contributed by atoms with E-state index in [1.807, 2.05) is 0 Å². The van der Waals surface area contributed by atoms with Crippen LogP contribution in [0.2, 0.25) is 0 Å². The fourth-order valence-electron chi connectivity index (χ4n) is 1.09. The molecule has 0 fully saturated rings. The van der Waals surface area contributed by atoms with Crippen molar-refractivity contribution < 1.29 is 27.5 Å². The molecule has 0 radical (unpaired) electrons. The summed E-state index contributed by atoms with van der Waals surface area (Å²) in [6.45, 7) is 1.64. The molecule has 0 bridgehead atoms. The number of rotatable bonds is 2. The van der Waals surface area contributed by atoms with Gasteiger partial charge in [-0.05, 0) is 24.6 Å². The lowest BCUT2D eigenvalue weighted by Gasteiger charge is -2.13.